The Balaban J connectivity index is 1.79. The topological polar surface area (TPSA) is 125 Å². The number of benzene rings is 1. The summed E-state index contributed by atoms with van der Waals surface area (Å²) in [5.41, 5.74) is 0.492. The van der Waals surface area contributed by atoms with Gasteiger partial charge in [-0.25, -0.2) is 4.79 Å². The lowest BCUT2D eigenvalue weighted by molar-refractivity contribution is -0.121. The van der Waals surface area contributed by atoms with Gasteiger partial charge in [0.25, 0.3) is 0 Å². The summed E-state index contributed by atoms with van der Waals surface area (Å²) in [7, 11) is 0. The summed E-state index contributed by atoms with van der Waals surface area (Å²) in [5, 5.41) is 14.7. The fraction of sp³-hybridized carbons (Fsp3) is 0.667. The van der Waals surface area contributed by atoms with E-state index in [9.17, 15) is 14.7 Å². The van der Waals surface area contributed by atoms with Gasteiger partial charge in [-0.3, -0.25) is 4.79 Å². The minimum atomic E-state index is -0.513. The van der Waals surface area contributed by atoms with Gasteiger partial charge in [0.15, 0.2) is 0 Å². The summed E-state index contributed by atoms with van der Waals surface area (Å²) < 4.78 is 26.7. The van der Waals surface area contributed by atoms with Gasteiger partial charge in [0, 0.05) is 19.5 Å². The predicted molar refractivity (Wildman–Crippen MR) is 127 cm³/mol. The van der Waals surface area contributed by atoms with Crippen molar-refractivity contribution in [2.24, 2.45) is 0 Å². The van der Waals surface area contributed by atoms with Gasteiger partial charge >= 0.3 is 6.09 Å². The van der Waals surface area contributed by atoms with E-state index in [0.29, 0.717) is 78.8 Å². The molecule has 3 N–H and O–H groups in total. The number of carbonyl (C=O) groups is 2. The minimum Gasteiger partial charge on any atom is -0.508 e. The molecule has 0 bridgehead atoms. The summed E-state index contributed by atoms with van der Waals surface area (Å²) in [5.74, 6) is 0.183. The molecule has 0 aliphatic carbocycles. The number of alkyl carbamates (subject to hydrolysis) is 1. The molecule has 2 amide bonds. The largest absolute Gasteiger partial charge is 0.508 e. The molecule has 194 valence electrons. The van der Waals surface area contributed by atoms with Crippen LogP contribution in [-0.2, 0) is 34.9 Å². The van der Waals surface area contributed by atoms with Crippen LogP contribution in [0.1, 0.15) is 32.8 Å². The number of aryl methyl sites for hydroxylation is 1. The van der Waals surface area contributed by atoms with E-state index in [0.717, 1.165) is 5.56 Å². The van der Waals surface area contributed by atoms with Crippen LogP contribution in [0, 0.1) is 0 Å². The van der Waals surface area contributed by atoms with E-state index in [1.54, 1.807) is 24.3 Å². The second kappa shape index (κ2) is 18.0. The van der Waals surface area contributed by atoms with Crippen molar-refractivity contribution in [1.82, 2.24) is 10.6 Å². The molecule has 1 aromatic carbocycles. The summed E-state index contributed by atoms with van der Waals surface area (Å²) in [6.45, 7) is 9.73. The summed E-state index contributed by atoms with van der Waals surface area (Å²) in [6, 6.07) is 6.83. The fourth-order valence-corrected chi connectivity index (χ4v) is 2.57. The first-order chi connectivity index (χ1) is 16.3. The van der Waals surface area contributed by atoms with E-state index in [-0.39, 0.29) is 11.7 Å². The van der Waals surface area contributed by atoms with Gasteiger partial charge in [0.05, 0.1) is 52.9 Å². The number of ether oxygens (including phenoxy) is 5. The van der Waals surface area contributed by atoms with Gasteiger partial charge in [-0.1, -0.05) is 12.1 Å². The van der Waals surface area contributed by atoms with Crippen LogP contribution in [0.3, 0.4) is 0 Å². The van der Waals surface area contributed by atoms with Gasteiger partial charge in [0.2, 0.25) is 5.91 Å². The third-order valence-electron chi connectivity index (χ3n) is 4.18. The molecule has 0 aliphatic rings. The Labute approximate surface area is 202 Å². The van der Waals surface area contributed by atoms with Crippen LogP contribution in [0.5, 0.6) is 5.75 Å². The predicted octanol–water partition coefficient (Wildman–Crippen LogP) is 2.03. The van der Waals surface area contributed by atoms with Crippen LogP contribution in [0.15, 0.2) is 24.3 Å². The number of hydrogen-bond donors (Lipinski definition) is 3. The Morgan fingerprint density at radius 2 is 1.24 bits per heavy atom. The third-order valence-corrected chi connectivity index (χ3v) is 4.18. The lowest BCUT2D eigenvalue weighted by Crippen LogP contribution is -2.34. The van der Waals surface area contributed by atoms with Crippen LogP contribution in [-0.4, -0.2) is 88.7 Å². The Morgan fingerprint density at radius 1 is 0.765 bits per heavy atom. The lowest BCUT2D eigenvalue weighted by atomic mass is 10.1. The smallest absolute Gasteiger partial charge is 0.407 e. The molecule has 0 saturated heterocycles. The second-order valence-electron chi connectivity index (χ2n) is 8.39. The van der Waals surface area contributed by atoms with E-state index < -0.39 is 11.7 Å². The number of carbonyl (C=O) groups excluding carboxylic acids is 2. The van der Waals surface area contributed by atoms with Gasteiger partial charge < -0.3 is 39.4 Å². The van der Waals surface area contributed by atoms with E-state index in [4.69, 9.17) is 23.7 Å². The molecule has 0 atom stereocenters. The number of nitrogens with one attached hydrogen (secondary N) is 2. The first-order valence-corrected chi connectivity index (χ1v) is 11.6. The number of rotatable bonds is 18. The zero-order valence-electron chi connectivity index (χ0n) is 20.6. The highest BCUT2D eigenvalue weighted by molar-refractivity contribution is 5.76. The van der Waals surface area contributed by atoms with Crippen molar-refractivity contribution < 1.29 is 38.4 Å². The van der Waals surface area contributed by atoms with Crippen molar-refractivity contribution in [3.05, 3.63) is 29.8 Å². The summed E-state index contributed by atoms with van der Waals surface area (Å²) >= 11 is 0. The fourth-order valence-electron chi connectivity index (χ4n) is 2.57. The van der Waals surface area contributed by atoms with Crippen LogP contribution < -0.4 is 10.6 Å². The minimum absolute atomic E-state index is 0.0339. The Kier molecular flexibility index (Phi) is 15.7. The molecule has 0 aromatic heterocycles. The molecule has 0 unspecified atom stereocenters. The maximum Gasteiger partial charge on any atom is 0.407 e. The Morgan fingerprint density at radius 3 is 1.74 bits per heavy atom. The molecule has 1 aromatic rings. The van der Waals surface area contributed by atoms with Crippen LogP contribution >= 0.6 is 0 Å². The molecule has 0 radical (unpaired) electrons. The lowest BCUT2D eigenvalue weighted by Gasteiger charge is -2.19. The quantitative estimate of drug-likeness (QED) is 0.270. The molecule has 0 saturated carbocycles. The number of phenolic OH excluding ortho intramolecular Hbond substituents is 1. The first-order valence-electron chi connectivity index (χ1n) is 11.6. The molecule has 10 heteroatoms. The van der Waals surface area contributed by atoms with Crippen molar-refractivity contribution in [3.63, 3.8) is 0 Å². The van der Waals surface area contributed by atoms with Crippen molar-refractivity contribution in [1.29, 1.82) is 0 Å². The van der Waals surface area contributed by atoms with E-state index in [2.05, 4.69) is 10.6 Å². The second-order valence-corrected chi connectivity index (χ2v) is 8.39. The third kappa shape index (κ3) is 18.1. The standard InChI is InChI=1S/C24H40N2O8/c1-24(2,3)34-23(29)26-11-13-31-15-17-33-19-18-32-16-14-30-12-10-25-22(28)9-6-20-4-7-21(27)8-5-20/h4-5,7-8,27H,6,9-19H2,1-3H3,(H,25,28)(H,26,29). The van der Waals surface area contributed by atoms with Crippen molar-refractivity contribution in [2.45, 2.75) is 39.2 Å². The summed E-state index contributed by atoms with van der Waals surface area (Å²) in [4.78, 5) is 23.2. The van der Waals surface area contributed by atoms with Gasteiger partial charge in [-0.2, -0.15) is 0 Å². The molecule has 34 heavy (non-hydrogen) atoms. The maximum absolute atomic E-state index is 11.8. The number of phenols is 1. The van der Waals surface area contributed by atoms with Crippen molar-refractivity contribution >= 4 is 12.0 Å². The van der Waals surface area contributed by atoms with E-state index >= 15 is 0 Å². The van der Waals surface area contributed by atoms with Crippen molar-refractivity contribution in [3.8, 4) is 5.75 Å². The normalized spacial score (nSPS) is 11.3. The van der Waals surface area contributed by atoms with Gasteiger partial charge in [-0.05, 0) is 44.9 Å². The van der Waals surface area contributed by atoms with Crippen LogP contribution in [0.2, 0.25) is 0 Å². The molecular weight excluding hydrogens is 444 g/mol. The van der Waals surface area contributed by atoms with Crippen LogP contribution in [0.4, 0.5) is 4.79 Å². The molecule has 10 nitrogen and oxygen atoms in total. The number of hydrogen-bond acceptors (Lipinski definition) is 8. The average molecular weight is 485 g/mol. The molecule has 0 heterocycles. The Bertz CT molecular complexity index is 677. The molecular formula is C24H40N2O8. The molecule has 0 fully saturated rings. The van der Waals surface area contributed by atoms with Crippen LogP contribution in [0.25, 0.3) is 0 Å². The average Bonchev–Trinajstić information content (AvgIpc) is 2.77. The van der Waals surface area contributed by atoms with Gasteiger partial charge in [-0.15, -0.1) is 0 Å². The number of aromatic hydroxyl groups is 1. The highest BCUT2D eigenvalue weighted by Gasteiger charge is 2.15. The maximum atomic E-state index is 11.8. The number of amides is 2. The molecule has 1 rings (SSSR count). The van der Waals surface area contributed by atoms with E-state index in [1.165, 1.54) is 0 Å². The Hall–Kier alpha value is -2.40. The first kappa shape index (κ1) is 29.6. The zero-order chi connectivity index (χ0) is 25.1. The SMILES string of the molecule is CC(C)(C)OC(=O)NCCOCCOCCOCCOCCNC(=O)CCc1ccc(O)cc1. The zero-order valence-corrected chi connectivity index (χ0v) is 20.6. The molecule has 0 aliphatic heterocycles. The highest BCUT2D eigenvalue weighted by atomic mass is 16.6. The van der Waals surface area contributed by atoms with Gasteiger partial charge in [0.1, 0.15) is 11.4 Å². The molecule has 0 spiro atoms. The summed E-state index contributed by atoms with van der Waals surface area (Å²) in [6.07, 6.45) is 0.558. The highest BCUT2D eigenvalue weighted by Crippen LogP contribution is 2.11. The monoisotopic (exact) mass is 484 g/mol. The van der Waals surface area contributed by atoms with E-state index in [1.807, 2.05) is 20.8 Å². The van der Waals surface area contributed by atoms with Crippen molar-refractivity contribution in [2.75, 3.05) is 65.9 Å².